The van der Waals surface area contributed by atoms with Crippen LogP contribution in [-0.2, 0) is 4.79 Å². The van der Waals surface area contributed by atoms with E-state index in [1.54, 1.807) is 18.2 Å². The Morgan fingerprint density at radius 3 is 2.63 bits per heavy atom. The summed E-state index contributed by atoms with van der Waals surface area (Å²) in [6.07, 6.45) is 1.08. The van der Waals surface area contributed by atoms with Gasteiger partial charge in [-0.05, 0) is 30.5 Å². The number of hydrogen-bond donors (Lipinski definition) is 2. The molecule has 0 bridgehead atoms. The topological polar surface area (TPSA) is 66.8 Å². The monoisotopic (exact) mass is 266 g/mol. The molecule has 0 spiro atoms. The van der Waals surface area contributed by atoms with E-state index in [1.165, 1.54) is 0 Å². The van der Waals surface area contributed by atoms with Crippen LogP contribution in [0.15, 0.2) is 24.3 Å². The molecule has 2 N–H and O–H groups in total. The fourth-order valence-electron chi connectivity index (χ4n) is 1.97. The van der Waals surface area contributed by atoms with Crippen molar-refractivity contribution in [2.75, 3.05) is 6.61 Å². The molecule has 2 atom stereocenters. The first-order valence-corrected chi connectivity index (χ1v) is 6.73. The average molecular weight is 266 g/mol. The number of carboxylic acid groups (broad SMARTS) is 1. The minimum atomic E-state index is -0.998. The van der Waals surface area contributed by atoms with Gasteiger partial charge in [-0.1, -0.05) is 32.4 Å². The molecule has 2 unspecified atom stereocenters. The molecule has 1 aromatic carbocycles. The van der Waals surface area contributed by atoms with Gasteiger partial charge in [0.15, 0.2) is 0 Å². The van der Waals surface area contributed by atoms with E-state index in [4.69, 9.17) is 9.84 Å². The van der Waals surface area contributed by atoms with Crippen LogP contribution >= 0.6 is 0 Å². The molecule has 1 rings (SSSR count). The summed E-state index contributed by atoms with van der Waals surface area (Å²) in [6, 6.07) is 7.02. The molecule has 4 heteroatoms. The Kier molecular flexibility index (Phi) is 6.36. The van der Waals surface area contributed by atoms with Crippen LogP contribution in [-0.4, -0.2) is 22.8 Å². The third kappa shape index (κ3) is 4.56. The number of ether oxygens (including phenoxy) is 1. The average Bonchev–Trinajstić information content (AvgIpc) is 2.41. The van der Waals surface area contributed by atoms with Gasteiger partial charge in [-0.15, -0.1) is 0 Å². The maximum Gasteiger partial charge on any atom is 0.309 e. The van der Waals surface area contributed by atoms with E-state index in [0.29, 0.717) is 24.3 Å². The lowest BCUT2D eigenvalue weighted by molar-refractivity contribution is -0.146. The first-order chi connectivity index (χ1) is 9.10. The lowest BCUT2D eigenvalue weighted by Crippen LogP contribution is -2.21. The first kappa shape index (κ1) is 15.5. The van der Waals surface area contributed by atoms with Crippen LogP contribution in [0.25, 0.3) is 0 Å². The lowest BCUT2D eigenvalue weighted by Gasteiger charge is -2.19. The molecular formula is C15H22O4. The van der Waals surface area contributed by atoms with Crippen LogP contribution in [0, 0.1) is 5.92 Å². The molecule has 1 aromatic rings. The number of carboxylic acids is 1. The molecule has 0 saturated carbocycles. The molecule has 0 aromatic heterocycles. The number of rotatable bonds is 8. The Morgan fingerprint density at radius 1 is 1.32 bits per heavy atom. The van der Waals surface area contributed by atoms with Crippen LogP contribution in [0.4, 0.5) is 0 Å². The zero-order valence-electron chi connectivity index (χ0n) is 11.5. The highest BCUT2D eigenvalue weighted by Crippen LogP contribution is 2.28. The summed E-state index contributed by atoms with van der Waals surface area (Å²) < 4.78 is 5.49. The fraction of sp³-hybridized carbons (Fsp3) is 0.533. The minimum absolute atomic E-state index is 0.455. The minimum Gasteiger partial charge on any atom is -0.494 e. The van der Waals surface area contributed by atoms with Gasteiger partial charge < -0.3 is 14.9 Å². The second kappa shape index (κ2) is 7.79. The summed E-state index contributed by atoms with van der Waals surface area (Å²) >= 11 is 0. The van der Waals surface area contributed by atoms with E-state index in [-0.39, 0.29) is 0 Å². The van der Waals surface area contributed by atoms with E-state index in [0.717, 1.165) is 12.8 Å². The van der Waals surface area contributed by atoms with Gasteiger partial charge in [0.25, 0.3) is 0 Å². The quantitative estimate of drug-likeness (QED) is 0.759. The van der Waals surface area contributed by atoms with Gasteiger partial charge in [-0.3, -0.25) is 4.79 Å². The molecule has 0 saturated heterocycles. The van der Waals surface area contributed by atoms with Gasteiger partial charge in [0, 0.05) is 0 Å². The van der Waals surface area contributed by atoms with E-state index < -0.39 is 18.0 Å². The summed E-state index contributed by atoms with van der Waals surface area (Å²) in [5.74, 6) is -1.07. The standard InChI is InChI=1S/C15H22O4/c1-3-6-13(15(17)18)14(16)11-7-5-8-12(10-11)19-9-4-2/h5,7-8,10,13-14,16H,3-4,6,9H2,1-2H3,(H,17,18). The number of aliphatic hydroxyl groups is 1. The van der Waals surface area contributed by atoms with Crippen molar-refractivity contribution in [2.45, 2.75) is 39.2 Å². The third-order valence-corrected chi connectivity index (χ3v) is 2.97. The predicted molar refractivity (Wildman–Crippen MR) is 73.2 cm³/mol. The van der Waals surface area contributed by atoms with Gasteiger partial charge in [-0.2, -0.15) is 0 Å². The summed E-state index contributed by atoms with van der Waals surface area (Å²) in [5.41, 5.74) is 0.592. The van der Waals surface area contributed by atoms with Crippen molar-refractivity contribution in [1.29, 1.82) is 0 Å². The van der Waals surface area contributed by atoms with Crippen molar-refractivity contribution in [3.05, 3.63) is 29.8 Å². The fourth-order valence-corrected chi connectivity index (χ4v) is 1.97. The molecule has 0 aliphatic carbocycles. The molecule has 0 heterocycles. The molecule has 0 fully saturated rings. The highest BCUT2D eigenvalue weighted by Gasteiger charge is 2.27. The Balaban J connectivity index is 2.84. The molecule has 106 valence electrons. The van der Waals surface area contributed by atoms with Crippen LogP contribution in [0.5, 0.6) is 5.75 Å². The molecule has 0 aliphatic rings. The number of carbonyl (C=O) groups is 1. The van der Waals surface area contributed by atoms with E-state index in [9.17, 15) is 9.90 Å². The van der Waals surface area contributed by atoms with Gasteiger partial charge in [0.05, 0.1) is 18.6 Å². The van der Waals surface area contributed by atoms with Crippen LogP contribution in [0.1, 0.15) is 44.8 Å². The highest BCUT2D eigenvalue weighted by atomic mass is 16.5. The van der Waals surface area contributed by atoms with Crippen molar-refractivity contribution < 1.29 is 19.7 Å². The van der Waals surface area contributed by atoms with E-state index in [2.05, 4.69) is 0 Å². The molecular weight excluding hydrogens is 244 g/mol. The second-order valence-corrected chi connectivity index (χ2v) is 4.60. The van der Waals surface area contributed by atoms with E-state index in [1.807, 2.05) is 19.9 Å². The SMILES string of the molecule is CCCOc1cccc(C(O)C(CCC)C(=O)O)c1. The maximum atomic E-state index is 11.2. The van der Waals surface area contributed by atoms with E-state index >= 15 is 0 Å². The Bertz CT molecular complexity index is 403. The second-order valence-electron chi connectivity index (χ2n) is 4.60. The number of hydrogen-bond acceptors (Lipinski definition) is 3. The predicted octanol–water partition coefficient (Wildman–Crippen LogP) is 3.01. The third-order valence-electron chi connectivity index (χ3n) is 2.97. The zero-order valence-corrected chi connectivity index (χ0v) is 11.5. The van der Waals surface area contributed by atoms with Crippen molar-refractivity contribution in [3.63, 3.8) is 0 Å². The number of aliphatic hydroxyl groups excluding tert-OH is 1. The lowest BCUT2D eigenvalue weighted by atomic mass is 9.92. The van der Waals surface area contributed by atoms with Crippen molar-refractivity contribution in [2.24, 2.45) is 5.92 Å². The summed E-state index contributed by atoms with van der Waals surface area (Å²) in [7, 11) is 0. The Labute approximate surface area is 114 Å². The Hall–Kier alpha value is -1.55. The molecule has 19 heavy (non-hydrogen) atoms. The van der Waals surface area contributed by atoms with Crippen molar-refractivity contribution >= 4 is 5.97 Å². The summed E-state index contributed by atoms with van der Waals surface area (Å²) in [5, 5.41) is 19.4. The highest BCUT2D eigenvalue weighted by molar-refractivity contribution is 5.71. The normalized spacial score (nSPS) is 13.8. The van der Waals surface area contributed by atoms with Gasteiger partial charge in [-0.25, -0.2) is 0 Å². The summed E-state index contributed by atoms with van der Waals surface area (Å²) in [6.45, 7) is 4.53. The largest absolute Gasteiger partial charge is 0.494 e. The summed E-state index contributed by atoms with van der Waals surface area (Å²) in [4.78, 5) is 11.2. The number of aliphatic carboxylic acids is 1. The molecule has 0 radical (unpaired) electrons. The van der Waals surface area contributed by atoms with Gasteiger partial charge >= 0.3 is 5.97 Å². The van der Waals surface area contributed by atoms with Gasteiger partial charge in [0.2, 0.25) is 0 Å². The molecule has 4 nitrogen and oxygen atoms in total. The Morgan fingerprint density at radius 2 is 2.05 bits per heavy atom. The first-order valence-electron chi connectivity index (χ1n) is 6.73. The van der Waals surface area contributed by atoms with Crippen LogP contribution < -0.4 is 4.74 Å². The van der Waals surface area contributed by atoms with Crippen molar-refractivity contribution in [3.8, 4) is 5.75 Å². The van der Waals surface area contributed by atoms with Crippen LogP contribution in [0.2, 0.25) is 0 Å². The number of benzene rings is 1. The smallest absolute Gasteiger partial charge is 0.309 e. The van der Waals surface area contributed by atoms with Crippen LogP contribution in [0.3, 0.4) is 0 Å². The zero-order chi connectivity index (χ0) is 14.3. The molecule has 0 aliphatic heterocycles. The van der Waals surface area contributed by atoms with Crippen molar-refractivity contribution in [1.82, 2.24) is 0 Å². The van der Waals surface area contributed by atoms with Gasteiger partial charge in [0.1, 0.15) is 5.75 Å². The maximum absolute atomic E-state index is 11.2. The molecule has 0 amide bonds.